The van der Waals surface area contributed by atoms with Crippen LogP contribution in [-0.2, 0) is 6.42 Å². The fraction of sp³-hybridized carbons (Fsp3) is 0.647. The molecule has 2 saturated heterocycles. The summed E-state index contributed by atoms with van der Waals surface area (Å²) in [4.78, 5) is 5.20. The van der Waals surface area contributed by atoms with E-state index in [2.05, 4.69) is 22.8 Å². The van der Waals surface area contributed by atoms with Gasteiger partial charge in [0.25, 0.3) is 0 Å². The summed E-state index contributed by atoms with van der Waals surface area (Å²) in [5.74, 6) is 0. The number of benzene rings is 1. The maximum Gasteiger partial charge on any atom is 0.0642 e. The van der Waals surface area contributed by atoms with Crippen LogP contribution in [0.25, 0.3) is 0 Å². The predicted octanol–water partition coefficient (Wildman–Crippen LogP) is 2.90. The summed E-state index contributed by atoms with van der Waals surface area (Å²) in [6, 6.07) is 7.43. The van der Waals surface area contributed by atoms with Gasteiger partial charge < -0.3 is 10.6 Å². The summed E-state index contributed by atoms with van der Waals surface area (Å²) >= 11 is 6.54. The Morgan fingerprint density at radius 2 is 2.14 bits per heavy atom. The molecular weight excluding hydrogens is 282 g/mol. The summed E-state index contributed by atoms with van der Waals surface area (Å²) in [7, 11) is 0. The second-order valence-electron chi connectivity index (χ2n) is 6.43. The number of nitrogens with two attached hydrogens (primary N) is 1. The fourth-order valence-corrected chi connectivity index (χ4v) is 4.21. The van der Waals surface area contributed by atoms with Crippen LogP contribution >= 0.6 is 11.6 Å². The number of nitrogens with zero attached hydrogens (tertiary/aromatic N) is 2. The Morgan fingerprint density at radius 3 is 2.95 bits per heavy atom. The van der Waals surface area contributed by atoms with Crippen molar-refractivity contribution in [1.29, 1.82) is 0 Å². The van der Waals surface area contributed by atoms with Crippen LogP contribution in [0.2, 0.25) is 5.02 Å². The van der Waals surface area contributed by atoms with Crippen molar-refractivity contribution in [2.75, 3.05) is 31.1 Å². The Hall–Kier alpha value is -0.770. The zero-order valence-corrected chi connectivity index (χ0v) is 13.6. The van der Waals surface area contributed by atoms with Crippen molar-refractivity contribution >= 4 is 17.3 Å². The van der Waals surface area contributed by atoms with Crippen LogP contribution in [0.3, 0.4) is 0 Å². The maximum atomic E-state index is 6.54. The number of piperazine rings is 1. The van der Waals surface area contributed by atoms with Crippen molar-refractivity contribution < 1.29 is 0 Å². The lowest BCUT2D eigenvalue weighted by molar-refractivity contribution is 0.115. The summed E-state index contributed by atoms with van der Waals surface area (Å²) in [5, 5.41) is 0.872. The Labute approximate surface area is 133 Å². The van der Waals surface area contributed by atoms with E-state index in [1.165, 1.54) is 37.1 Å². The van der Waals surface area contributed by atoms with E-state index in [1.54, 1.807) is 0 Å². The standard InChI is InChI=1S/C17H26ClN3/c1-13-11-20-10-3-2-6-15(20)12-21(13)17-14(8-9-19)5-4-7-16(17)18/h4-5,7,13,15H,2-3,6,8-12,19H2,1H3. The van der Waals surface area contributed by atoms with Crippen LogP contribution in [0.5, 0.6) is 0 Å². The SMILES string of the molecule is CC1CN2CCCCC2CN1c1c(Cl)cccc1CCN. The number of hydrogen-bond donors (Lipinski definition) is 1. The first-order chi connectivity index (χ1) is 10.2. The van der Waals surface area contributed by atoms with Gasteiger partial charge in [0.15, 0.2) is 0 Å². The highest BCUT2D eigenvalue weighted by Gasteiger charge is 2.34. The number of fused-ring (bicyclic) bond motifs is 1. The molecular formula is C17H26ClN3. The molecule has 2 unspecified atom stereocenters. The van der Waals surface area contributed by atoms with Gasteiger partial charge in [-0.25, -0.2) is 0 Å². The van der Waals surface area contributed by atoms with E-state index in [-0.39, 0.29) is 0 Å². The molecule has 2 aliphatic heterocycles. The minimum Gasteiger partial charge on any atom is -0.365 e. The van der Waals surface area contributed by atoms with Crippen molar-refractivity contribution in [2.24, 2.45) is 5.73 Å². The van der Waals surface area contributed by atoms with Gasteiger partial charge in [-0.2, -0.15) is 0 Å². The third-order valence-corrected chi connectivity index (χ3v) is 5.26. The zero-order chi connectivity index (χ0) is 14.8. The summed E-state index contributed by atoms with van der Waals surface area (Å²) in [5.41, 5.74) is 8.30. The molecule has 3 nitrogen and oxygen atoms in total. The first-order valence-electron chi connectivity index (χ1n) is 8.19. The van der Waals surface area contributed by atoms with Gasteiger partial charge in [-0.05, 0) is 50.9 Å². The second kappa shape index (κ2) is 6.55. The average Bonchev–Trinajstić information content (AvgIpc) is 2.48. The molecule has 0 amide bonds. The Kier molecular flexibility index (Phi) is 4.72. The van der Waals surface area contributed by atoms with Gasteiger partial charge in [0, 0.05) is 25.2 Å². The molecule has 1 aromatic rings. The Morgan fingerprint density at radius 1 is 1.29 bits per heavy atom. The van der Waals surface area contributed by atoms with Crippen LogP contribution in [-0.4, -0.2) is 43.2 Å². The van der Waals surface area contributed by atoms with Crippen molar-refractivity contribution in [3.63, 3.8) is 0 Å². The summed E-state index contributed by atoms with van der Waals surface area (Å²) < 4.78 is 0. The molecule has 2 aliphatic rings. The maximum absolute atomic E-state index is 6.54. The lowest BCUT2D eigenvalue weighted by Crippen LogP contribution is -2.59. The number of rotatable bonds is 3. The highest BCUT2D eigenvalue weighted by molar-refractivity contribution is 6.33. The highest BCUT2D eigenvalue weighted by atomic mass is 35.5. The van der Waals surface area contributed by atoms with Crippen molar-refractivity contribution in [1.82, 2.24) is 4.90 Å². The molecule has 4 heteroatoms. The van der Waals surface area contributed by atoms with E-state index in [9.17, 15) is 0 Å². The predicted molar refractivity (Wildman–Crippen MR) is 90.2 cm³/mol. The van der Waals surface area contributed by atoms with E-state index in [0.29, 0.717) is 18.6 Å². The average molecular weight is 308 g/mol. The lowest BCUT2D eigenvalue weighted by Gasteiger charge is -2.49. The second-order valence-corrected chi connectivity index (χ2v) is 6.84. The Bertz CT molecular complexity index is 491. The number of hydrogen-bond acceptors (Lipinski definition) is 3. The van der Waals surface area contributed by atoms with Crippen molar-refractivity contribution in [2.45, 2.75) is 44.7 Å². The van der Waals surface area contributed by atoms with E-state index >= 15 is 0 Å². The minimum atomic E-state index is 0.510. The summed E-state index contributed by atoms with van der Waals surface area (Å²) in [6.45, 7) is 6.51. The zero-order valence-electron chi connectivity index (χ0n) is 12.9. The van der Waals surface area contributed by atoms with Crippen LogP contribution in [0.1, 0.15) is 31.7 Å². The van der Waals surface area contributed by atoms with Crippen LogP contribution < -0.4 is 10.6 Å². The largest absolute Gasteiger partial charge is 0.365 e. The molecule has 3 rings (SSSR count). The van der Waals surface area contributed by atoms with Gasteiger partial charge >= 0.3 is 0 Å². The quantitative estimate of drug-likeness (QED) is 0.932. The third-order valence-electron chi connectivity index (χ3n) is 4.96. The third kappa shape index (κ3) is 3.05. The monoisotopic (exact) mass is 307 g/mol. The van der Waals surface area contributed by atoms with Gasteiger partial charge in [0.2, 0.25) is 0 Å². The molecule has 2 atom stereocenters. The molecule has 0 spiro atoms. The molecule has 2 fully saturated rings. The molecule has 1 aromatic carbocycles. The van der Waals surface area contributed by atoms with Crippen molar-refractivity contribution in [3.05, 3.63) is 28.8 Å². The number of para-hydroxylation sites is 1. The number of halogens is 1. The van der Waals surface area contributed by atoms with E-state index < -0.39 is 0 Å². The van der Waals surface area contributed by atoms with Crippen LogP contribution in [0.4, 0.5) is 5.69 Å². The first kappa shape index (κ1) is 15.1. The normalized spacial score (nSPS) is 26.7. The molecule has 0 aromatic heterocycles. The van der Waals surface area contributed by atoms with Gasteiger partial charge in [0.05, 0.1) is 10.7 Å². The number of anilines is 1. The molecule has 21 heavy (non-hydrogen) atoms. The molecule has 2 N–H and O–H groups in total. The van der Waals surface area contributed by atoms with Gasteiger partial charge in [-0.3, -0.25) is 4.90 Å². The van der Waals surface area contributed by atoms with Gasteiger partial charge in [0.1, 0.15) is 0 Å². The Balaban J connectivity index is 1.88. The van der Waals surface area contributed by atoms with Crippen LogP contribution in [0, 0.1) is 0 Å². The smallest absolute Gasteiger partial charge is 0.0642 e. The fourth-order valence-electron chi connectivity index (χ4n) is 3.90. The highest BCUT2D eigenvalue weighted by Crippen LogP contribution is 2.35. The van der Waals surface area contributed by atoms with Crippen LogP contribution in [0.15, 0.2) is 18.2 Å². The molecule has 0 saturated carbocycles. The molecule has 0 bridgehead atoms. The molecule has 116 valence electrons. The van der Waals surface area contributed by atoms with Gasteiger partial charge in [-0.1, -0.05) is 30.2 Å². The molecule has 2 heterocycles. The molecule has 0 radical (unpaired) electrons. The first-order valence-corrected chi connectivity index (χ1v) is 8.56. The van der Waals surface area contributed by atoms with E-state index in [0.717, 1.165) is 24.5 Å². The topological polar surface area (TPSA) is 32.5 Å². The van der Waals surface area contributed by atoms with Crippen molar-refractivity contribution in [3.8, 4) is 0 Å². The van der Waals surface area contributed by atoms with E-state index in [4.69, 9.17) is 17.3 Å². The lowest BCUT2D eigenvalue weighted by atomic mass is 9.95. The molecule has 0 aliphatic carbocycles. The van der Waals surface area contributed by atoms with E-state index in [1.807, 2.05) is 12.1 Å². The number of piperidine rings is 1. The summed E-state index contributed by atoms with van der Waals surface area (Å²) in [6.07, 6.45) is 4.93. The minimum absolute atomic E-state index is 0.510. The van der Waals surface area contributed by atoms with Gasteiger partial charge in [-0.15, -0.1) is 0 Å².